The zero-order valence-electron chi connectivity index (χ0n) is 20.7. The summed E-state index contributed by atoms with van der Waals surface area (Å²) in [6, 6.07) is 16.3. The fraction of sp³-hybridized carbons (Fsp3) is 0.552. The molecule has 6 heteroatoms. The summed E-state index contributed by atoms with van der Waals surface area (Å²) in [6.07, 6.45) is 9.35. The lowest BCUT2D eigenvalue weighted by molar-refractivity contribution is 0.0938. The molecule has 188 valence electrons. The van der Waals surface area contributed by atoms with Gasteiger partial charge in [-0.05, 0) is 93.6 Å². The zero-order chi connectivity index (χ0) is 24.0. The maximum absolute atomic E-state index is 13.5. The molecular weight excluding hydrogens is 439 g/mol. The number of carbonyl (C=O) groups excluding carboxylic acids is 1. The maximum atomic E-state index is 13.5. The Kier molecular flexibility index (Phi) is 7.99. The Morgan fingerprint density at radius 1 is 0.829 bits per heavy atom. The summed E-state index contributed by atoms with van der Waals surface area (Å²) in [4.78, 5) is 17.5. The maximum Gasteiger partial charge on any atom is 0.251 e. The van der Waals surface area contributed by atoms with E-state index in [9.17, 15) is 9.18 Å². The first-order chi connectivity index (χ1) is 17.2. The number of hydrogen-bond acceptors (Lipinski definition) is 4. The molecule has 0 aromatic heterocycles. The average Bonchev–Trinajstić information content (AvgIpc) is 3.61. The first-order valence-electron chi connectivity index (χ1n) is 13.5. The number of anilines is 1. The van der Waals surface area contributed by atoms with Crippen molar-refractivity contribution in [2.24, 2.45) is 0 Å². The lowest BCUT2D eigenvalue weighted by Crippen LogP contribution is -2.45. The van der Waals surface area contributed by atoms with Crippen LogP contribution in [0.1, 0.15) is 73.3 Å². The number of likely N-dealkylation sites (tertiary alicyclic amines) is 1. The van der Waals surface area contributed by atoms with Crippen LogP contribution >= 0.6 is 0 Å². The molecular formula is C29H39FN4O. The molecule has 3 aliphatic rings. The van der Waals surface area contributed by atoms with Gasteiger partial charge in [-0.3, -0.25) is 9.69 Å². The number of benzene rings is 2. The van der Waals surface area contributed by atoms with Gasteiger partial charge in [0.1, 0.15) is 5.82 Å². The summed E-state index contributed by atoms with van der Waals surface area (Å²) in [6.45, 7) is 5.17. The van der Waals surface area contributed by atoms with E-state index in [0.29, 0.717) is 18.1 Å². The van der Waals surface area contributed by atoms with Crippen LogP contribution in [0.2, 0.25) is 0 Å². The van der Waals surface area contributed by atoms with Crippen molar-refractivity contribution in [3.05, 3.63) is 65.5 Å². The van der Waals surface area contributed by atoms with Crippen LogP contribution in [0.25, 0.3) is 0 Å². The van der Waals surface area contributed by atoms with E-state index in [4.69, 9.17) is 0 Å². The molecule has 1 aliphatic carbocycles. The highest BCUT2D eigenvalue weighted by Gasteiger charge is 2.26. The highest BCUT2D eigenvalue weighted by Crippen LogP contribution is 2.26. The van der Waals surface area contributed by atoms with Crippen molar-refractivity contribution in [1.82, 2.24) is 15.5 Å². The third-order valence-electron chi connectivity index (χ3n) is 8.12. The van der Waals surface area contributed by atoms with Crippen molar-refractivity contribution < 1.29 is 9.18 Å². The van der Waals surface area contributed by atoms with E-state index in [1.807, 2.05) is 24.3 Å². The van der Waals surface area contributed by atoms with Gasteiger partial charge in [0.05, 0.1) is 0 Å². The largest absolute Gasteiger partial charge is 0.371 e. The first kappa shape index (κ1) is 24.3. The molecule has 2 saturated heterocycles. The molecule has 1 saturated carbocycles. The molecule has 1 amide bonds. The quantitative estimate of drug-likeness (QED) is 0.567. The molecule has 0 radical (unpaired) electrons. The third-order valence-corrected chi connectivity index (χ3v) is 8.12. The van der Waals surface area contributed by atoms with Crippen molar-refractivity contribution in [2.45, 2.75) is 69.5 Å². The van der Waals surface area contributed by atoms with Gasteiger partial charge in [-0.1, -0.05) is 25.0 Å². The van der Waals surface area contributed by atoms with Gasteiger partial charge in [0.25, 0.3) is 5.91 Å². The number of rotatable bonds is 8. The fourth-order valence-electron chi connectivity index (χ4n) is 5.98. The lowest BCUT2D eigenvalue weighted by atomic mass is 10.0. The molecule has 3 fully saturated rings. The molecule has 2 N–H and O–H groups in total. The summed E-state index contributed by atoms with van der Waals surface area (Å²) >= 11 is 0. The normalized spacial score (nSPS) is 20.9. The predicted molar refractivity (Wildman–Crippen MR) is 139 cm³/mol. The SMILES string of the molecule is O=C(NC1CCCC1)c1ccc(N2CCC(NCC(c3ccc(F)cc3)N3CCCC3)CC2)cc1. The van der Waals surface area contributed by atoms with Gasteiger partial charge in [0.2, 0.25) is 0 Å². The van der Waals surface area contributed by atoms with Crippen LogP contribution in [0.4, 0.5) is 10.1 Å². The second-order valence-electron chi connectivity index (χ2n) is 10.5. The fourth-order valence-corrected chi connectivity index (χ4v) is 5.98. The number of nitrogens with zero attached hydrogens (tertiary/aromatic N) is 2. The predicted octanol–water partition coefficient (Wildman–Crippen LogP) is 4.89. The Balaban J connectivity index is 1.11. The van der Waals surface area contributed by atoms with Crippen LogP contribution < -0.4 is 15.5 Å². The Labute approximate surface area is 209 Å². The minimum absolute atomic E-state index is 0.0556. The minimum Gasteiger partial charge on any atom is -0.371 e. The molecule has 5 rings (SSSR count). The highest BCUT2D eigenvalue weighted by atomic mass is 19.1. The molecule has 5 nitrogen and oxygen atoms in total. The van der Waals surface area contributed by atoms with Crippen LogP contribution in [0.3, 0.4) is 0 Å². The molecule has 2 aliphatic heterocycles. The molecule has 2 aromatic rings. The number of halogens is 1. The molecule has 0 bridgehead atoms. The smallest absolute Gasteiger partial charge is 0.251 e. The number of hydrogen-bond donors (Lipinski definition) is 2. The van der Waals surface area contributed by atoms with E-state index >= 15 is 0 Å². The average molecular weight is 479 g/mol. The molecule has 2 heterocycles. The lowest BCUT2D eigenvalue weighted by Gasteiger charge is -2.36. The van der Waals surface area contributed by atoms with Gasteiger partial charge in [-0.15, -0.1) is 0 Å². The van der Waals surface area contributed by atoms with Gasteiger partial charge in [-0.25, -0.2) is 4.39 Å². The molecule has 1 atom stereocenters. The Morgan fingerprint density at radius 3 is 2.14 bits per heavy atom. The molecule has 0 spiro atoms. The summed E-state index contributed by atoms with van der Waals surface area (Å²) < 4.78 is 13.5. The first-order valence-corrected chi connectivity index (χ1v) is 13.5. The van der Waals surface area contributed by atoms with Crippen molar-refractivity contribution >= 4 is 11.6 Å². The summed E-state index contributed by atoms with van der Waals surface area (Å²) in [5.74, 6) is -0.114. The van der Waals surface area contributed by atoms with E-state index in [0.717, 1.165) is 64.0 Å². The van der Waals surface area contributed by atoms with Gasteiger partial charge in [0.15, 0.2) is 0 Å². The van der Waals surface area contributed by atoms with E-state index in [2.05, 4.69) is 32.6 Å². The molecule has 1 unspecified atom stereocenters. The van der Waals surface area contributed by atoms with E-state index < -0.39 is 0 Å². The van der Waals surface area contributed by atoms with Crippen molar-refractivity contribution in [1.29, 1.82) is 0 Å². The van der Waals surface area contributed by atoms with Crippen molar-refractivity contribution in [3.8, 4) is 0 Å². The topological polar surface area (TPSA) is 47.6 Å². The Hall–Kier alpha value is -2.44. The Bertz CT molecular complexity index is 944. The third kappa shape index (κ3) is 6.22. The van der Waals surface area contributed by atoms with Gasteiger partial charge >= 0.3 is 0 Å². The van der Waals surface area contributed by atoms with Gasteiger partial charge in [-0.2, -0.15) is 0 Å². The second kappa shape index (κ2) is 11.5. The van der Waals surface area contributed by atoms with Crippen LogP contribution in [-0.2, 0) is 0 Å². The number of nitrogens with one attached hydrogen (secondary N) is 2. The van der Waals surface area contributed by atoms with Crippen LogP contribution in [-0.4, -0.2) is 55.6 Å². The summed E-state index contributed by atoms with van der Waals surface area (Å²) in [5.41, 5.74) is 3.16. The van der Waals surface area contributed by atoms with E-state index in [1.54, 1.807) is 12.1 Å². The number of carbonyl (C=O) groups is 1. The number of amides is 1. The second-order valence-corrected chi connectivity index (χ2v) is 10.5. The summed E-state index contributed by atoms with van der Waals surface area (Å²) in [7, 11) is 0. The number of piperidine rings is 1. The van der Waals surface area contributed by atoms with Crippen molar-refractivity contribution in [2.75, 3.05) is 37.6 Å². The van der Waals surface area contributed by atoms with Gasteiger partial charge < -0.3 is 15.5 Å². The van der Waals surface area contributed by atoms with Crippen LogP contribution in [0, 0.1) is 5.82 Å². The summed E-state index contributed by atoms with van der Waals surface area (Å²) in [5, 5.41) is 7.00. The van der Waals surface area contributed by atoms with Gasteiger partial charge in [0, 0.05) is 49.0 Å². The zero-order valence-corrected chi connectivity index (χ0v) is 20.7. The van der Waals surface area contributed by atoms with E-state index in [1.165, 1.54) is 36.9 Å². The minimum atomic E-state index is -0.170. The highest BCUT2D eigenvalue weighted by molar-refractivity contribution is 5.94. The molecule has 2 aromatic carbocycles. The van der Waals surface area contributed by atoms with Crippen LogP contribution in [0.15, 0.2) is 48.5 Å². The molecule has 35 heavy (non-hydrogen) atoms. The van der Waals surface area contributed by atoms with E-state index in [-0.39, 0.29) is 11.7 Å². The van der Waals surface area contributed by atoms with Crippen molar-refractivity contribution in [3.63, 3.8) is 0 Å². The standard InChI is InChI=1S/C29H39FN4O/c30-24-11-7-22(8-12-24)28(34-17-3-4-18-34)21-31-25-15-19-33(20-16-25)27-13-9-23(10-14-27)29(35)32-26-5-1-2-6-26/h7-14,25-26,28,31H,1-6,15-21H2,(H,32,35). The monoisotopic (exact) mass is 478 g/mol. The Morgan fingerprint density at radius 2 is 1.49 bits per heavy atom. The van der Waals surface area contributed by atoms with Crippen LogP contribution in [0.5, 0.6) is 0 Å².